The third-order valence-electron chi connectivity index (χ3n) is 5.65. The summed E-state index contributed by atoms with van der Waals surface area (Å²) < 4.78 is 0. The highest BCUT2D eigenvalue weighted by molar-refractivity contribution is 4.84. The Morgan fingerprint density at radius 3 is 2.21 bits per heavy atom. The van der Waals surface area contributed by atoms with Crippen LogP contribution in [0.2, 0.25) is 0 Å². The van der Waals surface area contributed by atoms with Gasteiger partial charge in [0.15, 0.2) is 0 Å². The first kappa shape index (κ1) is 15.3. The summed E-state index contributed by atoms with van der Waals surface area (Å²) in [6, 6.07) is 2.14. The van der Waals surface area contributed by atoms with E-state index in [0.717, 1.165) is 18.0 Å². The predicted molar refractivity (Wildman–Crippen MR) is 83.3 cm³/mol. The first-order valence-electron chi connectivity index (χ1n) is 8.68. The molecular weight excluding hydrogens is 232 g/mol. The van der Waals surface area contributed by atoms with E-state index in [2.05, 4.69) is 18.9 Å². The zero-order chi connectivity index (χ0) is 13.7. The summed E-state index contributed by atoms with van der Waals surface area (Å²) in [5, 5.41) is 0. The molecule has 0 radical (unpaired) electrons. The molecule has 2 N–H and O–H groups in total. The van der Waals surface area contributed by atoms with Crippen molar-refractivity contribution in [3.05, 3.63) is 0 Å². The minimum atomic E-state index is 0.479. The van der Waals surface area contributed by atoms with E-state index in [1.807, 2.05) is 0 Å². The molecule has 2 fully saturated rings. The van der Waals surface area contributed by atoms with E-state index < -0.39 is 0 Å². The van der Waals surface area contributed by atoms with Crippen LogP contribution in [-0.4, -0.2) is 30.1 Å². The third-order valence-corrected chi connectivity index (χ3v) is 5.65. The maximum atomic E-state index is 6.03. The summed E-state index contributed by atoms with van der Waals surface area (Å²) in [6.07, 6.45) is 15.2. The van der Waals surface area contributed by atoms with Crippen molar-refractivity contribution in [2.24, 2.45) is 11.7 Å². The molecule has 0 spiro atoms. The quantitative estimate of drug-likeness (QED) is 0.781. The van der Waals surface area contributed by atoms with E-state index in [-0.39, 0.29) is 0 Å². The van der Waals surface area contributed by atoms with Gasteiger partial charge >= 0.3 is 0 Å². The molecule has 0 aromatic heterocycles. The van der Waals surface area contributed by atoms with Crippen LogP contribution in [0.1, 0.15) is 77.6 Å². The minimum Gasteiger partial charge on any atom is -0.328 e. The van der Waals surface area contributed by atoms with Crippen LogP contribution in [0.3, 0.4) is 0 Å². The van der Waals surface area contributed by atoms with Crippen LogP contribution in [0, 0.1) is 5.92 Å². The summed E-state index contributed by atoms with van der Waals surface area (Å²) >= 11 is 0. The van der Waals surface area contributed by atoms with E-state index in [9.17, 15) is 0 Å². The monoisotopic (exact) mass is 266 g/mol. The van der Waals surface area contributed by atoms with Crippen molar-refractivity contribution in [1.82, 2.24) is 4.90 Å². The molecule has 2 unspecified atom stereocenters. The Hall–Kier alpha value is -0.0800. The normalized spacial score (nSPS) is 37.3. The standard InChI is InChI=1S/C17H34N2/c1-3-5-14-6-4-7-16(11-8-14)19(2)17-12-9-15(18)10-13-17/h14-17H,3-13,18H2,1-2H3. The summed E-state index contributed by atoms with van der Waals surface area (Å²) in [5.74, 6) is 1.02. The molecule has 0 heterocycles. The highest BCUT2D eigenvalue weighted by Crippen LogP contribution is 2.31. The van der Waals surface area contributed by atoms with Crippen LogP contribution in [0.25, 0.3) is 0 Å². The number of rotatable bonds is 4. The molecule has 2 rings (SSSR count). The largest absolute Gasteiger partial charge is 0.328 e. The maximum absolute atomic E-state index is 6.03. The Morgan fingerprint density at radius 2 is 1.53 bits per heavy atom. The van der Waals surface area contributed by atoms with Gasteiger partial charge in [0.05, 0.1) is 0 Å². The molecule has 2 saturated carbocycles. The van der Waals surface area contributed by atoms with Gasteiger partial charge in [0.25, 0.3) is 0 Å². The second-order valence-electron chi connectivity index (χ2n) is 7.05. The van der Waals surface area contributed by atoms with Crippen molar-refractivity contribution in [1.29, 1.82) is 0 Å². The molecule has 2 heteroatoms. The fourth-order valence-corrected chi connectivity index (χ4v) is 4.27. The molecule has 0 saturated heterocycles. The summed E-state index contributed by atoms with van der Waals surface area (Å²) in [4.78, 5) is 2.72. The van der Waals surface area contributed by atoms with Crippen molar-refractivity contribution in [3.63, 3.8) is 0 Å². The van der Waals surface area contributed by atoms with Gasteiger partial charge in [-0.1, -0.05) is 32.6 Å². The van der Waals surface area contributed by atoms with Crippen molar-refractivity contribution < 1.29 is 0 Å². The third kappa shape index (κ3) is 4.46. The minimum absolute atomic E-state index is 0.479. The van der Waals surface area contributed by atoms with Gasteiger partial charge in [-0.25, -0.2) is 0 Å². The molecule has 2 atom stereocenters. The average molecular weight is 266 g/mol. The van der Waals surface area contributed by atoms with Gasteiger partial charge in [0, 0.05) is 18.1 Å². The second kappa shape index (κ2) is 7.64. The fourth-order valence-electron chi connectivity index (χ4n) is 4.27. The molecule has 0 aromatic carbocycles. The number of hydrogen-bond donors (Lipinski definition) is 1. The Labute approximate surface area is 120 Å². The van der Waals surface area contributed by atoms with Gasteiger partial charge < -0.3 is 10.6 Å². The highest BCUT2D eigenvalue weighted by atomic mass is 15.2. The lowest BCUT2D eigenvalue weighted by Gasteiger charge is -2.38. The average Bonchev–Trinajstić information content (AvgIpc) is 2.65. The Kier molecular flexibility index (Phi) is 6.15. The Bertz CT molecular complexity index is 246. The van der Waals surface area contributed by atoms with Gasteiger partial charge in [0.1, 0.15) is 0 Å². The summed E-state index contributed by atoms with van der Waals surface area (Å²) in [5.41, 5.74) is 6.03. The van der Waals surface area contributed by atoms with Crippen LogP contribution in [0.5, 0.6) is 0 Å². The summed E-state index contributed by atoms with van der Waals surface area (Å²) in [6.45, 7) is 2.33. The zero-order valence-electron chi connectivity index (χ0n) is 13.1. The molecule has 0 aromatic rings. The molecule has 2 nitrogen and oxygen atoms in total. The van der Waals surface area contributed by atoms with E-state index in [1.165, 1.54) is 70.6 Å². The molecule has 2 aliphatic rings. The highest BCUT2D eigenvalue weighted by Gasteiger charge is 2.28. The molecular formula is C17H34N2. The Morgan fingerprint density at radius 1 is 0.895 bits per heavy atom. The SMILES string of the molecule is CCCC1CCCC(N(C)C2CCC(N)CC2)CC1. The van der Waals surface area contributed by atoms with E-state index >= 15 is 0 Å². The lowest BCUT2D eigenvalue weighted by molar-refractivity contribution is 0.120. The van der Waals surface area contributed by atoms with E-state index in [4.69, 9.17) is 5.73 Å². The van der Waals surface area contributed by atoms with Gasteiger partial charge in [-0.2, -0.15) is 0 Å². The molecule has 19 heavy (non-hydrogen) atoms. The van der Waals surface area contributed by atoms with Crippen LogP contribution in [-0.2, 0) is 0 Å². The van der Waals surface area contributed by atoms with Crippen LogP contribution < -0.4 is 5.73 Å². The molecule has 0 amide bonds. The Balaban J connectivity index is 1.80. The molecule has 0 bridgehead atoms. The van der Waals surface area contributed by atoms with Gasteiger partial charge in [-0.05, 0) is 57.9 Å². The van der Waals surface area contributed by atoms with E-state index in [1.54, 1.807) is 0 Å². The maximum Gasteiger partial charge on any atom is 0.00962 e. The molecule has 2 aliphatic carbocycles. The van der Waals surface area contributed by atoms with Crippen LogP contribution >= 0.6 is 0 Å². The van der Waals surface area contributed by atoms with Gasteiger partial charge in [-0.3, -0.25) is 0 Å². The fraction of sp³-hybridized carbons (Fsp3) is 1.00. The van der Waals surface area contributed by atoms with Crippen LogP contribution in [0.4, 0.5) is 0 Å². The summed E-state index contributed by atoms with van der Waals surface area (Å²) in [7, 11) is 2.38. The second-order valence-corrected chi connectivity index (χ2v) is 7.05. The van der Waals surface area contributed by atoms with E-state index in [0.29, 0.717) is 6.04 Å². The lowest BCUT2D eigenvalue weighted by Crippen LogP contribution is -2.43. The predicted octanol–water partition coefficient (Wildman–Crippen LogP) is 3.94. The molecule has 112 valence electrons. The molecule has 0 aliphatic heterocycles. The number of nitrogens with zero attached hydrogens (tertiary/aromatic N) is 1. The first-order valence-corrected chi connectivity index (χ1v) is 8.68. The van der Waals surface area contributed by atoms with Crippen molar-refractivity contribution in [3.8, 4) is 0 Å². The first-order chi connectivity index (χ1) is 9.20. The van der Waals surface area contributed by atoms with Gasteiger partial charge in [0.2, 0.25) is 0 Å². The smallest absolute Gasteiger partial charge is 0.00962 e. The van der Waals surface area contributed by atoms with Crippen molar-refractivity contribution in [2.75, 3.05) is 7.05 Å². The zero-order valence-corrected chi connectivity index (χ0v) is 13.1. The number of hydrogen-bond acceptors (Lipinski definition) is 2. The van der Waals surface area contributed by atoms with Crippen LogP contribution in [0.15, 0.2) is 0 Å². The number of nitrogens with two attached hydrogens (primary N) is 1. The van der Waals surface area contributed by atoms with Crippen molar-refractivity contribution >= 4 is 0 Å². The van der Waals surface area contributed by atoms with Crippen molar-refractivity contribution in [2.45, 2.75) is 95.7 Å². The topological polar surface area (TPSA) is 29.3 Å². The van der Waals surface area contributed by atoms with Gasteiger partial charge in [-0.15, -0.1) is 0 Å². The lowest BCUT2D eigenvalue weighted by atomic mass is 9.89.